The van der Waals surface area contributed by atoms with Gasteiger partial charge in [0, 0.05) is 12.6 Å². The lowest BCUT2D eigenvalue weighted by Gasteiger charge is -2.22. The van der Waals surface area contributed by atoms with E-state index in [1.807, 2.05) is 0 Å². The van der Waals surface area contributed by atoms with Gasteiger partial charge >= 0.3 is 5.97 Å². The number of aliphatic carboxylic acids is 1. The topological polar surface area (TPSA) is 135 Å². The van der Waals surface area contributed by atoms with Gasteiger partial charge < -0.3 is 20.3 Å². The molecule has 0 saturated heterocycles. The van der Waals surface area contributed by atoms with E-state index in [2.05, 4.69) is 10.6 Å². The number of amides is 2. The van der Waals surface area contributed by atoms with Gasteiger partial charge in [-0.25, -0.2) is 4.39 Å². The number of pyridine rings is 1. The Labute approximate surface area is 154 Å². The van der Waals surface area contributed by atoms with Gasteiger partial charge in [0.25, 0.3) is 5.56 Å². The van der Waals surface area contributed by atoms with Gasteiger partial charge in [-0.3, -0.25) is 24.0 Å². The molecule has 0 fully saturated rings. The smallest absolute Gasteiger partial charge is 0.305 e. The van der Waals surface area contributed by atoms with Crippen LogP contribution in [0.4, 0.5) is 10.1 Å². The maximum absolute atomic E-state index is 12.6. The zero-order chi connectivity index (χ0) is 20.6. The Morgan fingerprint density at radius 3 is 2.44 bits per heavy atom. The van der Waals surface area contributed by atoms with Gasteiger partial charge in [0.1, 0.15) is 24.4 Å². The summed E-state index contributed by atoms with van der Waals surface area (Å²) in [5.74, 6) is -3.63. The number of carbonyl (C=O) groups excluding carboxylic acids is 3. The van der Waals surface area contributed by atoms with Crippen molar-refractivity contribution in [3.8, 4) is 0 Å². The number of Topliss-reactive ketones (excluding diaryl/α,β-unsaturated/α-hetero) is 1. The van der Waals surface area contributed by atoms with Crippen molar-refractivity contribution < 1.29 is 28.7 Å². The predicted molar refractivity (Wildman–Crippen MR) is 94.1 cm³/mol. The summed E-state index contributed by atoms with van der Waals surface area (Å²) in [4.78, 5) is 58.9. The van der Waals surface area contributed by atoms with Crippen molar-refractivity contribution >= 4 is 29.3 Å². The van der Waals surface area contributed by atoms with E-state index in [1.54, 1.807) is 13.8 Å². The molecule has 1 rings (SSSR count). The third kappa shape index (κ3) is 6.01. The van der Waals surface area contributed by atoms with Gasteiger partial charge in [-0.05, 0) is 18.6 Å². The summed E-state index contributed by atoms with van der Waals surface area (Å²) in [6.07, 6.45) is 0.863. The van der Waals surface area contributed by atoms with Crippen molar-refractivity contribution in [3.63, 3.8) is 0 Å². The first-order valence-electron chi connectivity index (χ1n) is 8.36. The molecule has 0 bridgehead atoms. The second-order valence-electron chi connectivity index (χ2n) is 5.72. The molecule has 1 unspecified atom stereocenters. The quantitative estimate of drug-likeness (QED) is 0.543. The Bertz CT molecular complexity index is 776. The van der Waals surface area contributed by atoms with Gasteiger partial charge in [0.2, 0.25) is 11.8 Å². The largest absolute Gasteiger partial charge is 0.481 e. The van der Waals surface area contributed by atoms with Crippen LogP contribution in [-0.2, 0) is 19.2 Å². The average molecular weight is 383 g/mol. The predicted octanol–water partition coefficient (Wildman–Crippen LogP) is 0.646. The Kier molecular flexibility index (Phi) is 8.31. The summed E-state index contributed by atoms with van der Waals surface area (Å²) < 4.78 is 13.7. The van der Waals surface area contributed by atoms with Crippen LogP contribution in [-0.4, -0.2) is 46.0 Å². The van der Waals surface area contributed by atoms with E-state index in [0.29, 0.717) is 0 Å². The number of nitrogens with one attached hydrogen (secondary N) is 2. The van der Waals surface area contributed by atoms with Crippen molar-refractivity contribution in [1.82, 2.24) is 9.88 Å². The molecule has 148 valence electrons. The van der Waals surface area contributed by atoms with Crippen LogP contribution < -0.4 is 16.2 Å². The molecular formula is C17H22FN3O6. The van der Waals surface area contributed by atoms with Gasteiger partial charge in [-0.2, -0.15) is 0 Å². The average Bonchev–Trinajstić information content (AvgIpc) is 2.63. The molecule has 0 aliphatic rings. The number of nitrogens with zero attached hydrogens (tertiary/aromatic N) is 1. The number of hydrogen-bond acceptors (Lipinski definition) is 5. The second kappa shape index (κ2) is 10.2. The normalized spacial score (nSPS) is 12.7. The number of carboxylic acid groups (broad SMARTS) is 1. The van der Waals surface area contributed by atoms with E-state index in [0.717, 1.165) is 4.57 Å². The first kappa shape index (κ1) is 22.0. The summed E-state index contributed by atoms with van der Waals surface area (Å²) in [6.45, 7) is 1.80. The number of hydrogen-bond donors (Lipinski definition) is 3. The molecule has 0 aliphatic heterocycles. The minimum absolute atomic E-state index is 0.0162. The number of ketones is 1. The van der Waals surface area contributed by atoms with Crippen LogP contribution >= 0.6 is 0 Å². The standard InChI is InChI=1S/C17H22FN3O6/c1-3-12(16(26)20-11(8-15(24)25)13(22)9-18)21-7-5-6-10(17(21)27)19-14(23)4-2/h5-7,11-12H,3-4,8-9H2,1-2H3,(H,19,23)(H,20,26)(H,24,25)/t11?,12-/m0/s1. The van der Waals surface area contributed by atoms with E-state index in [9.17, 15) is 28.4 Å². The van der Waals surface area contributed by atoms with Crippen LogP contribution in [0.1, 0.15) is 39.2 Å². The molecule has 2 atom stereocenters. The van der Waals surface area contributed by atoms with Crippen LogP contribution in [0, 0.1) is 0 Å². The fraction of sp³-hybridized carbons (Fsp3) is 0.471. The highest BCUT2D eigenvalue weighted by Crippen LogP contribution is 2.12. The number of halogens is 1. The fourth-order valence-corrected chi connectivity index (χ4v) is 2.38. The third-order valence-electron chi connectivity index (χ3n) is 3.81. The van der Waals surface area contributed by atoms with E-state index in [1.165, 1.54) is 18.3 Å². The first-order chi connectivity index (χ1) is 12.7. The van der Waals surface area contributed by atoms with E-state index < -0.39 is 48.4 Å². The monoisotopic (exact) mass is 383 g/mol. The highest BCUT2D eigenvalue weighted by atomic mass is 19.1. The molecule has 27 heavy (non-hydrogen) atoms. The minimum Gasteiger partial charge on any atom is -0.481 e. The SMILES string of the molecule is CCC(=O)Nc1cccn([C@@H](CC)C(=O)NC(CC(=O)O)C(=O)CF)c1=O. The van der Waals surface area contributed by atoms with Gasteiger partial charge in [-0.1, -0.05) is 13.8 Å². The van der Waals surface area contributed by atoms with Gasteiger partial charge in [-0.15, -0.1) is 0 Å². The Hall–Kier alpha value is -3.04. The van der Waals surface area contributed by atoms with Crippen molar-refractivity contribution in [1.29, 1.82) is 0 Å². The maximum Gasteiger partial charge on any atom is 0.305 e. The highest BCUT2D eigenvalue weighted by Gasteiger charge is 2.28. The third-order valence-corrected chi connectivity index (χ3v) is 3.81. The molecule has 1 aromatic rings. The molecule has 0 spiro atoms. The summed E-state index contributed by atoms with van der Waals surface area (Å²) in [5, 5.41) is 13.4. The van der Waals surface area contributed by atoms with Crippen LogP contribution in [0.25, 0.3) is 0 Å². The summed E-state index contributed by atoms with van der Waals surface area (Å²) in [5.41, 5.74) is -0.648. The molecule has 1 aromatic heterocycles. The molecule has 0 aliphatic carbocycles. The molecule has 0 saturated carbocycles. The number of aromatic nitrogens is 1. The van der Waals surface area contributed by atoms with Crippen LogP contribution in [0.2, 0.25) is 0 Å². The molecular weight excluding hydrogens is 361 g/mol. The van der Waals surface area contributed by atoms with E-state index in [4.69, 9.17) is 5.11 Å². The molecule has 2 amide bonds. The van der Waals surface area contributed by atoms with Crippen LogP contribution in [0.5, 0.6) is 0 Å². The number of rotatable bonds is 10. The van der Waals surface area contributed by atoms with E-state index >= 15 is 0 Å². The van der Waals surface area contributed by atoms with Crippen molar-refractivity contribution in [2.45, 2.75) is 45.2 Å². The zero-order valence-electron chi connectivity index (χ0n) is 15.0. The second-order valence-corrected chi connectivity index (χ2v) is 5.72. The molecule has 0 aromatic carbocycles. The van der Waals surface area contributed by atoms with Gasteiger partial charge in [0.05, 0.1) is 6.42 Å². The van der Waals surface area contributed by atoms with E-state index in [-0.39, 0.29) is 24.4 Å². The van der Waals surface area contributed by atoms with Crippen LogP contribution in [0.3, 0.4) is 0 Å². The lowest BCUT2D eigenvalue weighted by Crippen LogP contribution is -2.47. The number of carbonyl (C=O) groups is 4. The Morgan fingerprint density at radius 2 is 1.93 bits per heavy atom. The maximum atomic E-state index is 12.6. The Morgan fingerprint density at radius 1 is 1.26 bits per heavy atom. The summed E-state index contributed by atoms with van der Waals surface area (Å²) in [6, 6.07) is 0.244. The fourth-order valence-electron chi connectivity index (χ4n) is 2.38. The summed E-state index contributed by atoms with van der Waals surface area (Å²) in [7, 11) is 0. The number of alkyl halides is 1. The van der Waals surface area contributed by atoms with Crippen molar-refractivity contribution in [3.05, 3.63) is 28.7 Å². The molecule has 1 heterocycles. The van der Waals surface area contributed by atoms with Crippen molar-refractivity contribution in [2.75, 3.05) is 12.0 Å². The molecule has 10 heteroatoms. The van der Waals surface area contributed by atoms with Crippen LogP contribution in [0.15, 0.2) is 23.1 Å². The first-order valence-corrected chi connectivity index (χ1v) is 8.36. The highest BCUT2D eigenvalue weighted by molar-refractivity contribution is 5.93. The lowest BCUT2D eigenvalue weighted by molar-refractivity contribution is -0.140. The summed E-state index contributed by atoms with van der Waals surface area (Å²) >= 11 is 0. The zero-order valence-corrected chi connectivity index (χ0v) is 15.0. The number of carboxylic acids is 1. The number of anilines is 1. The Balaban J connectivity index is 3.12. The lowest BCUT2D eigenvalue weighted by atomic mass is 10.1. The van der Waals surface area contributed by atoms with Crippen molar-refractivity contribution in [2.24, 2.45) is 0 Å². The molecule has 3 N–H and O–H groups in total. The minimum atomic E-state index is -1.53. The molecule has 9 nitrogen and oxygen atoms in total. The molecule has 0 radical (unpaired) electrons. The van der Waals surface area contributed by atoms with Gasteiger partial charge in [0.15, 0.2) is 5.78 Å².